The number of hydrogen-bond acceptors (Lipinski definition) is 3. The first-order chi connectivity index (χ1) is 10.9. The van der Waals surface area contributed by atoms with Gasteiger partial charge in [-0.05, 0) is 12.5 Å². The van der Waals surface area contributed by atoms with Crippen LogP contribution in [0.25, 0.3) is 10.8 Å². The van der Waals surface area contributed by atoms with Crippen LogP contribution in [0.3, 0.4) is 0 Å². The highest BCUT2D eigenvalue weighted by Crippen LogP contribution is 2.26. The highest BCUT2D eigenvalue weighted by Gasteiger charge is 2.21. The average molecular weight is 348 g/mol. The van der Waals surface area contributed by atoms with Crippen LogP contribution in [0, 0.1) is 6.92 Å². The van der Waals surface area contributed by atoms with Crippen molar-refractivity contribution in [3.8, 4) is 0 Å². The number of hydrogen-bond donors (Lipinski definition) is 1. The minimum absolute atomic E-state index is 0.00453. The summed E-state index contributed by atoms with van der Waals surface area (Å²) >= 11 is 5.99. The topological polar surface area (TPSA) is 67.0 Å². The Morgan fingerprint density at radius 3 is 2.43 bits per heavy atom. The van der Waals surface area contributed by atoms with Crippen molar-refractivity contribution in [2.75, 3.05) is 0 Å². The van der Waals surface area contributed by atoms with Crippen LogP contribution >= 0.6 is 11.6 Å². The molecular formula is C17H14ClNO3S. The molecule has 118 valence electrons. The van der Waals surface area contributed by atoms with E-state index in [2.05, 4.69) is 4.98 Å². The molecule has 1 heterocycles. The number of halogens is 1. The van der Waals surface area contributed by atoms with Crippen molar-refractivity contribution in [3.05, 3.63) is 75.0 Å². The normalized spacial score (nSPS) is 11.7. The molecule has 0 atom stereocenters. The molecule has 0 spiro atoms. The fourth-order valence-electron chi connectivity index (χ4n) is 2.56. The number of rotatable bonds is 3. The molecule has 0 fully saturated rings. The third-order valence-corrected chi connectivity index (χ3v) is 5.62. The zero-order chi connectivity index (χ0) is 16.6. The Labute approximate surface area is 138 Å². The summed E-state index contributed by atoms with van der Waals surface area (Å²) in [5.74, 6) is -0.184. The number of sulfone groups is 1. The zero-order valence-corrected chi connectivity index (χ0v) is 13.9. The molecule has 0 aliphatic rings. The Morgan fingerprint density at radius 1 is 1.04 bits per heavy atom. The Hall–Kier alpha value is -2.11. The first-order valence-electron chi connectivity index (χ1n) is 6.97. The van der Waals surface area contributed by atoms with Gasteiger partial charge in [-0.25, -0.2) is 8.42 Å². The number of aryl methyl sites for hydroxylation is 1. The molecule has 6 heteroatoms. The Kier molecular flexibility index (Phi) is 4.00. The fraction of sp³-hybridized carbons (Fsp3) is 0.118. The van der Waals surface area contributed by atoms with Gasteiger partial charge in [0, 0.05) is 10.8 Å². The monoisotopic (exact) mass is 347 g/mol. The molecule has 0 saturated heterocycles. The molecule has 3 aromatic rings. The summed E-state index contributed by atoms with van der Waals surface area (Å²) in [6.07, 6.45) is 0. The number of aromatic amines is 1. The van der Waals surface area contributed by atoms with Crippen molar-refractivity contribution < 1.29 is 8.42 Å². The number of benzene rings is 2. The number of aromatic nitrogens is 1. The summed E-state index contributed by atoms with van der Waals surface area (Å²) in [6.45, 7) is 1.90. The number of H-pyrrole nitrogens is 1. The van der Waals surface area contributed by atoms with Crippen LogP contribution in [0.2, 0.25) is 5.02 Å². The van der Waals surface area contributed by atoms with Gasteiger partial charge in [-0.2, -0.15) is 0 Å². The SMILES string of the molecule is Cc1cccc(CS(=O)(=O)c2[nH]c(=O)c(Cl)c3ccccc23)c1. The van der Waals surface area contributed by atoms with Gasteiger partial charge >= 0.3 is 0 Å². The lowest BCUT2D eigenvalue weighted by molar-refractivity contribution is 0.592. The van der Waals surface area contributed by atoms with Crippen LogP contribution in [-0.2, 0) is 15.6 Å². The molecule has 0 bridgehead atoms. The molecule has 0 unspecified atom stereocenters. The lowest BCUT2D eigenvalue weighted by Crippen LogP contribution is -2.16. The van der Waals surface area contributed by atoms with Gasteiger partial charge in [-0.1, -0.05) is 65.7 Å². The summed E-state index contributed by atoms with van der Waals surface area (Å²) < 4.78 is 25.6. The van der Waals surface area contributed by atoms with Gasteiger partial charge in [0.1, 0.15) is 10.0 Å². The van der Waals surface area contributed by atoms with E-state index in [4.69, 9.17) is 11.6 Å². The Bertz CT molecular complexity index is 1050. The molecule has 0 aliphatic carbocycles. The van der Waals surface area contributed by atoms with Gasteiger partial charge < -0.3 is 4.98 Å². The van der Waals surface area contributed by atoms with E-state index in [9.17, 15) is 13.2 Å². The second kappa shape index (κ2) is 5.83. The van der Waals surface area contributed by atoms with Crippen molar-refractivity contribution in [2.24, 2.45) is 0 Å². The van der Waals surface area contributed by atoms with E-state index in [0.29, 0.717) is 16.3 Å². The lowest BCUT2D eigenvalue weighted by atomic mass is 10.2. The summed E-state index contributed by atoms with van der Waals surface area (Å²) in [4.78, 5) is 14.4. The maximum absolute atomic E-state index is 12.8. The van der Waals surface area contributed by atoms with Crippen LogP contribution in [0.15, 0.2) is 58.4 Å². The second-order valence-electron chi connectivity index (χ2n) is 5.39. The van der Waals surface area contributed by atoms with Gasteiger partial charge in [0.2, 0.25) is 0 Å². The van der Waals surface area contributed by atoms with Crippen molar-refractivity contribution in [2.45, 2.75) is 17.7 Å². The van der Waals surface area contributed by atoms with Crippen molar-refractivity contribution in [3.63, 3.8) is 0 Å². The maximum atomic E-state index is 12.8. The molecule has 2 aromatic carbocycles. The van der Waals surface area contributed by atoms with Crippen molar-refractivity contribution in [1.29, 1.82) is 0 Å². The van der Waals surface area contributed by atoms with E-state index in [1.54, 1.807) is 30.3 Å². The van der Waals surface area contributed by atoms with Gasteiger partial charge in [0.05, 0.1) is 5.75 Å². The summed E-state index contributed by atoms with van der Waals surface area (Å²) in [5, 5.41) is 0.754. The smallest absolute Gasteiger partial charge is 0.268 e. The first kappa shape index (κ1) is 15.8. The molecule has 1 N–H and O–H groups in total. The van der Waals surface area contributed by atoms with Crippen molar-refractivity contribution >= 4 is 32.2 Å². The summed E-state index contributed by atoms with van der Waals surface area (Å²) in [5.41, 5.74) is 1.05. The predicted molar refractivity (Wildman–Crippen MR) is 91.6 cm³/mol. The Balaban J connectivity index is 2.19. The molecule has 0 radical (unpaired) electrons. The first-order valence-corrected chi connectivity index (χ1v) is 9.00. The van der Waals surface area contributed by atoms with E-state index in [0.717, 1.165) is 5.56 Å². The van der Waals surface area contributed by atoms with Gasteiger partial charge in [-0.15, -0.1) is 0 Å². The summed E-state index contributed by atoms with van der Waals surface area (Å²) in [6, 6.07) is 14.0. The van der Waals surface area contributed by atoms with Gasteiger partial charge in [0.15, 0.2) is 9.84 Å². The third kappa shape index (κ3) is 3.02. The minimum atomic E-state index is -3.71. The van der Waals surface area contributed by atoms with Crippen LogP contribution in [0.5, 0.6) is 0 Å². The van der Waals surface area contributed by atoms with E-state index < -0.39 is 15.4 Å². The van der Waals surface area contributed by atoms with Gasteiger partial charge in [-0.3, -0.25) is 4.79 Å². The van der Waals surface area contributed by atoms with Crippen molar-refractivity contribution in [1.82, 2.24) is 4.98 Å². The number of pyridine rings is 1. The molecule has 0 aliphatic heterocycles. The zero-order valence-electron chi connectivity index (χ0n) is 12.3. The van der Waals surface area contributed by atoms with Crippen LogP contribution in [-0.4, -0.2) is 13.4 Å². The minimum Gasteiger partial charge on any atom is -0.311 e. The highest BCUT2D eigenvalue weighted by atomic mass is 35.5. The number of nitrogens with one attached hydrogen (secondary N) is 1. The van der Waals surface area contributed by atoms with E-state index in [1.807, 2.05) is 25.1 Å². The van der Waals surface area contributed by atoms with E-state index >= 15 is 0 Å². The average Bonchev–Trinajstić information content (AvgIpc) is 2.50. The molecule has 3 rings (SSSR count). The molecule has 23 heavy (non-hydrogen) atoms. The highest BCUT2D eigenvalue weighted by molar-refractivity contribution is 7.90. The Morgan fingerprint density at radius 2 is 1.74 bits per heavy atom. The van der Waals surface area contributed by atoms with Crippen LogP contribution in [0.4, 0.5) is 0 Å². The van der Waals surface area contributed by atoms with E-state index in [-0.39, 0.29) is 15.8 Å². The molecule has 0 amide bonds. The standard InChI is InChI=1S/C17H14ClNO3S/c1-11-5-4-6-12(9-11)10-23(21,22)17-14-8-3-2-7-13(14)15(18)16(20)19-17/h2-9H,10H2,1H3,(H,19,20). The van der Waals surface area contributed by atoms with Crippen LogP contribution in [0.1, 0.15) is 11.1 Å². The largest absolute Gasteiger partial charge is 0.311 e. The predicted octanol–water partition coefficient (Wildman–Crippen LogP) is 3.46. The van der Waals surface area contributed by atoms with Crippen LogP contribution < -0.4 is 5.56 Å². The van der Waals surface area contributed by atoms with E-state index in [1.165, 1.54) is 0 Å². The molecule has 4 nitrogen and oxygen atoms in total. The molecule has 0 saturated carbocycles. The van der Waals surface area contributed by atoms with Gasteiger partial charge in [0.25, 0.3) is 5.56 Å². The quantitative estimate of drug-likeness (QED) is 0.789. The molecule has 1 aromatic heterocycles. The third-order valence-electron chi connectivity index (χ3n) is 3.58. The fourth-order valence-corrected chi connectivity index (χ4v) is 4.29. The number of fused-ring (bicyclic) bond motifs is 1. The summed E-state index contributed by atoms with van der Waals surface area (Å²) in [7, 11) is -3.71. The molecular weight excluding hydrogens is 334 g/mol. The second-order valence-corrected chi connectivity index (χ2v) is 7.70. The maximum Gasteiger partial charge on any atom is 0.268 e. The lowest BCUT2D eigenvalue weighted by Gasteiger charge is -2.09.